The molecule has 0 saturated heterocycles. The van der Waals surface area contributed by atoms with Gasteiger partial charge < -0.3 is 10.4 Å². The Morgan fingerprint density at radius 3 is 2.47 bits per heavy atom. The molecule has 1 atom stereocenters. The molecule has 0 fully saturated rings. The van der Waals surface area contributed by atoms with Crippen molar-refractivity contribution in [2.24, 2.45) is 0 Å². The van der Waals surface area contributed by atoms with E-state index in [2.05, 4.69) is 10.0 Å². The molecule has 0 aliphatic heterocycles. The van der Waals surface area contributed by atoms with Crippen molar-refractivity contribution in [2.45, 2.75) is 26.0 Å². The molecule has 108 valence electrons. The topological polar surface area (TPSA) is 78.4 Å². The zero-order chi connectivity index (χ0) is 14.6. The first kappa shape index (κ1) is 15.9. The SMILES string of the molecule is CC(C)NCC(O)c1ccc(NS(C)(=O)=O)c(F)c1. The van der Waals surface area contributed by atoms with E-state index in [0.29, 0.717) is 12.1 Å². The second-order valence-electron chi connectivity index (χ2n) is 4.69. The van der Waals surface area contributed by atoms with E-state index in [9.17, 15) is 17.9 Å². The maximum absolute atomic E-state index is 13.7. The molecule has 1 aromatic rings. The maximum atomic E-state index is 13.7. The highest BCUT2D eigenvalue weighted by molar-refractivity contribution is 7.92. The Labute approximate surface area is 112 Å². The minimum Gasteiger partial charge on any atom is -0.387 e. The minimum absolute atomic E-state index is 0.129. The van der Waals surface area contributed by atoms with E-state index in [1.165, 1.54) is 12.1 Å². The molecule has 0 amide bonds. The summed E-state index contributed by atoms with van der Waals surface area (Å²) in [5.41, 5.74) is 0.264. The molecule has 7 heteroatoms. The minimum atomic E-state index is -3.52. The first-order valence-corrected chi connectivity index (χ1v) is 7.77. The molecule has 5 nitrogen and oxygen atoms in total. The van der Waals surface area contributed by atoms with Gasteiger partial charge in [-0.05, 0) is 17.7 Å². The highest BCUT2D eigenvalue weighted by atomic mass is 32.2. The third-order valence-electron chi connectivity index (χ3n) is 2.39. The van der Waals surface area contributed by atoms with Crippen LogP contribution in [0.2, 0.25) is 0 Å². The van der Waals surface area contributed by atoms with E-state index in [1.54, 1.807) is 0 Å². The smallest absolute Gasteiger partial charge is 0.229 e. The standard InChI is InChI=1S/C12H19FN2O3S/c1-8(2)14-7-12(16)9-4-5-11(10(13)6-9)15-19(3,17)18/h4-6,8,12,14-16H,7H2,1-3H3. The summed E-state index contributed by atoms with van der Waals surface area (Å²) in [6.45, 7) is 4.18. The molecule has 0 aliphatic rings. The highest BCUT2D eigenvalue weighted by Gasteiger charge is 2.13. The molecule has 0 aliphatic carbocycles. The Kier molecular flexibility index (Phi) is 5.28. The van der Waals surface area contributed by atoms with Crippen molar-refractivity contribution in [3.05, 3.63) is 29.6 Å². The predicted molar refractivity (Wildman–Crippen MR) is 73.0 cm³/mol. The second-order valence-corrected chi connectivity index (χ2v) is 6.44. The highest BCUT2D eigenvalue weighted by Crippen LogP contribution is 2.20. The fourth-order valence-electron chi connectivity index (χ4n) is 1.49. The average molecular weight is 290 g/mol. The summed E-state index contributed by atoms with van der Waals surface area (Å²) in [6.07, 6.45) is 0.103. The number of sulfonamides is 1. The summed E-state index contributed by atoms with van der Waals surface area (Å²) < 4.78 is 37.8. The molecule has 0 heterocycles. The number of halogens is 1. The Morgan fingerprint density at radius 2 is 2.00 bits per heavy atom. The zero-order valence-electron chi connectivity index (χ0n) is 11.1. The number of anilines is 1. The predicted octanol–water partition coefficient (Wildman–Crippen LogP) is 1.23. The van der Waals surface area contributed by atoms with Crippen LogP contribution in [0.3, 0.4) is 0 Å². The number of hydrogen-bond acceptors (Lipinski definition) is 4. The molecule has 1 rings (SSSR count). The summed E-state index contributed by atoms with van der Waals surface area (Å²) >= 11 is 0. The molecule has 3 N–H and O–H groups in total. The monoisotopic (exact) mass is 290 g/mol. The quantitative estimate of drug-likeness (QED) is 0.736. The first-order chi connectivity index (χ1) is 8.69. The lowest BCUT2D eigenvalue weighted by Crippen LogP contribution is -2.28. The van der Waals surface area contributed by atoms with Crippen LogP contribution in [-0.4, -0.2) is 32.4 Å². The van der Waals surface area contributed by atoms with Gasteiger partial charge in [0.15, 0.2) is 0 Å². The first-order valence-electron chi connectivity index (χ1n) is 5.87. The van der Waals surface area contributed by atoms with Crippen molar-refractivity contribution in [1.29, 1.82) is 0 Å². The molecular formula is C12H19FN2O3S. The van der Waals surface area contributed by atoms with E-state index in [-0.39, 0.29) is 11.7 Å². The summed E-state index contributed by atoms with van der Waals surface area (Å²) in [5, 5.41) is 12.9. The second kappa shape index (κ2) is 6.31. The normalized spacial score (nSPS) is 13.6. The van der Waals surface area contributed by atoms with Crippen LogP contribution in [0.1, 0.15) is 25.5 Å². The van der Waals surface area contributed by atoms with E-state index in [1.807, 2.05) is 13.8 Å². The van der Waals surface area contributed by atoms with Gasteiger partial charge in [0.05, 0.1) is 18.0 Å². The van der Waals surface area contributed by atoms with Crippen molar-refractivity contribution in [1.82, 2.24) is 5.32 Å². The van der Waals surface area contributed by atoms with Crippen LogP contribution in [-0.2, 0) is 10.0 Å². The molecule has 1 aromatic carbocycles. The van der Waals surface area contributed by atoms with Crippen LogP contribution in [0.4, 0.5) is 10.1 Å². The number of nitrogens with one attached hydrogen (secondary N) is 2. The van der Waals surface area contributed by atoms with Crippen LogP contribution in [0.25, 0.3) is 0 Å². The van der Waals surface area contributed by atoms with Crippen molar-refractivity contribution >= 4 is 15.7 Å². The van der Waals surface area contributed by atoms with Crippen LogP contribution in [0.15, 0.2) is 18.2 Å². The Balaban J connectivity index is 2.81. The third-order valence-corrected chi connectivity index (χ3v) is 2.98. The van der Waals surface area contributed by atoms with Gasteiger partial charge >= 0.3 is 0 Å². The number of aliphatic hydroxyl groups excluding tert-OH is 1. The Bertz CT molecular complexity index is 532. The van der Waals surface area contributed by atoms with Crippen molar-refractivity contribution in [2.75, 3.05) is 17.5 Å². The molecule has 19 heavy (non-hydrogen) atoms. The van der Waals surface area contributed by atoms with E-state index in [0.717, 1.165) is 12.3 Å². The van der Waals surface area contributed by atoms with Gasteiger partial charge in [0.25, 0.3) is 0 Å². The van der Waals surface area contributed by atoms with Gasteiger partial charge in [0.1, 0.15) is 5.82 Å². The van der Waals surface area contributed by atoms with Crippen molar-refractivity contribution < 1.29 is 17.9 Å². The molecule has 0 spiro atoms. The van der Waals surface area contributed by atoms with Crippen LogP contribution in [0.5, 0.6) is 0 Å². The average Bonchev–Trinajstić information content (AvgIpc) is 2.27. The van der Waals surface area contributed by atoms with E-state index < -0.39 is 21.9 Å². The van der Waals surface area contributed by atoms with Gasteiger partial charge in [-0.2, -0.15) is 0 Å². The van der Waals surface area contributed by atoms with Gasteiger partial charge in [-0.1, -0.05) is 19.9 Å². The summed E-state index contributed by atoms with van der Waals surface area (Å²) in [7, 11) is -3.52. The van der Waals surface area contributed by atoms with Crippen LogP contribution in [0, 0.1) is 5.82 Å². The fourth-order valence-corrected chi connectivity index (χ4v) is 2.05. The number of aliphatic hydroxyl groups is 1. The number of hydrogen-bond donors (Lipinski definition) is 3. The fraction of sp³-hybridized carbons (Fsp3) is 0.500. The van der Waals surface area contributed by atoms with Gasteiger partial charge in [0.2, 0.25) is 10.0 Å². The molecule has 0 radical (unpaired) electrons. The summed E-state index contributed by atoms with van der Waals surface area (Å²) in [6, 6.07) is 4.12. The molecular weight excluding hydrogens is 271 g/mol. The number of rotatable bonds is 6. The summed E-state index contributed by atoms with van der Waals surface area (Å²) in [4.78, 5) is 0. The van der Waals surface area contributed by atoms with E-state index >= 15 is 0 Å². The largest absolute Gasteiger partial charge is 0.387 e. The molecule has 0 saturated carbocycles. The van der Waals surface area contributed by atoms with Gasteiger partial charge in [-0.15, -0.1) is 0 Å². The van der Waals surface area contributed by atoms with E-state index in [4.69, 9.17) is 0 Å². The van der Waals surface area contributed by atoms with Gasteiger partial charge in [-0.3, -0.25) is 4.72 Å². The lowest BCUT2D eigenvalue weighted by Gasteiger charge is -2.15. The molecule has 0 bridgehead atoms. The van der Waals surface area contributed by atoms with Crippen LogP contribution < -0.4 is 10.0 Å². The third kappa shape index (κ3) is 5.54. The van der Waals surface area contributed by atoms with Crippen LogP contribution >= 0.6 is 0 Å². The zero-order valence-corrected chi connectivity index (χ0v) is 12.0. The lowest BCUT2D eigenvalue weighted by atomic mass is 10.1. The van der Waals surface area contributed by atoms with Crippen molar-refractivity contribution in [3.63, 3.8) is 0 Å². The maximum Gasteiger partial charge on any atom is 0.229 e. The number of benzene rings is 1. The Morgan fingerprint density at radius 1 is 1.37 bits per heavy atom. The molecule has 1 unspecified atom stereocenters. The van der Waals surface area contributed by atoms with Gasteiger partial charge in [0, 0.05) is 12.6 Å². The van der Waals surface area contributed by atoms with Gasteiger partial charge in [-0.25, -0.2) is 12.8 Å². The van der Waals surface area contributed by atoms with Crippen molar-refractivity contribution in [3.8, 4) is 0 Å². The molecule has 0 aromatic heterocycles. The summed E-state index contributed by atoms with van der Waals surface area (Å²) in [5.74, 6) is -0.716. The lowest BCUT2D eigenvalue weighted by molar-refractivity contribution is 0.171. The Hall–Kier alpha value is -1.18.